The van der Waals surface area contributed by atoms with Crippen molar-refractivity contribution in [2.24, 2.45) is 5.92 Å². The maximum absolute atomic E-state index is 12.6. The quantitative estimate of drug-likeness (QED) is 0.580. The fourth-order valence-electron chi connectivity index (χ4n) is 2.89. The van der Waals surface area contributed by atoms with E-state index in [2.05, 4.69) is 17.6 Å². The second kappa shape index (κ2) is 9.97. The standard InChI is InChI=1S/C22H30N2O4/c1-15(2)27-21(25)23-24(22(26)28-16(3)4)20-8-6-7-19(20)14-13-18-11-9-17(5)10-12-18/h6-7,9-16,19-20H,8H2,1-5H3,(H,23,25)/b14-13+/t19-,20+/m0/s1. The first-order valence-electron chi connectivity index (χ1n) is 9.65. The van der Waals surface area contributed by atoms with Crippen LogP contribution in [-0.4, -0.2) is 35.4 Å². The summed E-state index contributed by atoms with van der Waals surface area (Å²) in [6, 6.07) is 7.91. The fraction of sp³-hybridized carbons (Fsp3) is 0.455. The minimum atomic E-state index is -0.677. The average molecular weight is 386 g/mol. The highest BCUT2D eigenvalue weighted by atomic mass is 16.6. The van der Waals surface area contributed by atoms with Crippen LogP contribution in [0.15, 0.2) is 42.5 Å². The second-order valence-electron chi connectivity index (χ2n) is 7.45. The molecule has 6 nitrogen and oxygen atoms in total. The van der Waals surface area contributed by atoms with Gasteiger partial charge in [0.05, 0.1) is 18.2 Å². The van der Waals surface area contributed by atoms with Crippen LogP contribution in [0, 0.1) is 12.8 Å². The molecule has 0 bridgehead atoms. The third-order valence-corrected chi connectivity index (χ3v) is 4.19. The van der Waals surface area contributed by atoms with Crippen molar-refractivity contribution in [1.82, 2.24) is 10.4 Å². The monoisotopic (exact) mass is 386 g/mol. The Morgan fingerprint density at radius 1 is 1.11 bits per heavy atom. The number of benzene rings is 1. The van der Waals surface area contributed by atoms with Crippen LogP contribution in [0.1, 0.15) is 45.2 Å². The van der Waals surface area contributed by atoms with E-state index in [1.807, 2.05) is 43.4 Å². The first-order chi connectivity index (χ1) is 13.3. The maximum Gasteiger partial charge on any atom is 0.429 e. The van der Waals surface area contributed by atoms with Gasteiger partial charge in [-0.25, -0.2) is 20.0 Å². The minimum Gasteiger partial charge on any atom is -0.446 e. The molecule has 0 unspecified atom stereocenters. The number of aryl methyl sites for hydroxylation is 1. The van der Waals surface area contributed by atoms with E-state index in [0.717, 1.165) is 5.56 Å². The largest absolute Gasteiger partial charge is 0.446 e. The predicted molar refractivity (Wildman–Crippen MR) is 109 cm³/mol. The molecule has 0 aliphatic heterocycles. The molecule has 0 spiro atoms. The molecule has 2 rings (SSSR count). The molecule has 0 saturated carbocycles. The van der Waals surface area contributed by atoms with Crippen LogP contribution in [0.2, 0.25) is 0 Å². The molecule has 0 heterocycles. The summed E-state index contributed by atoms with van der Waals surface area (Å²) in [5, 5.41) is 1.24. The lowest BCUT2D eigenvalue weighted by molar-refractivity contribution is 0.0290. The fourth-order valence-corrected chi connectivity index (χ4v) is 2.89. The highest BCUT2D eigenvalue weighted by Crippen LogP contribution is 2.26. The molecule has 0 saturated heterocycles. The van der Waals surface area contributed by atoms with Crippen LogP contribution in [-0.2, 0) is 9.47 Å². The van der Waals surface area contributed by atoms with Crippen molar-refractivity contribution in [3.63, 3.8) is 0 Å². The lowest BCUT2D eigenvalue weighted by Gasteiger charge is -2.31. The summed E-state index contributed by atoms with van der Waals surface area (Å²) >= 11 is 0. The molecule has 1 N–H and O–H groups in total. The average Bonchev–Trinajstić information content (AvgIpc) is 3.06. The van der Waals surface area contributed by atoms with E-state index < -0.39 is 12.2 Å². The molecule has 1 aliphatic carbocycles. The molecule has 1 aromatic rings. The molecule has 28 heavy (non-hydrogen) atoms. The lowest BCUT2D eigenvalue weighted by atomic mass is 10.0. The molecule has 6 heteroatoms. The van der Waals surface area contributed by atoms with Gasteiger partial charge in [0.1, 0.15) is 0 Å². The van der Waals surface area contributed by atoms with Crippen LogP contribution in [0.4, 0.5) is 9.59 Å². The minimum absolute atomic E-state index is 0.0552. The number of amides is 2. The summed E-state index contributed by atoms with van der Waals surface area (Å²) in [4.78, 5) is 24.7. The van der Waals surface area contributed by atoms with E-state index in [4.69, 9.17) is 9.47 Å². The number of rotatable bonds is 5. The van der Waals surface area contributed by atoms with Crippen LogP contribution >= 0.6 is 0 Å². The number of hydrogen-bond donors (Lipinski definition) is 1. The second-order valence-corrected chi connectivity index (χ2v) is 7.45. The van der Waals surface area contributed by atoms with E-state index in [1.165, 1.54) is 10.6 Å². The molecule has 1 aromatic carbocycles. The molecule has 1 aliphatic rings. The molecule has 0 radical (unpaired) electrons. The first kappa shape index (κ1) is 21.5. The Labute approximate surface area is 167 Å². The Bertz CT molecular complexity index is 723. The van der Waals surface area contributed by atoms with Crippen molar-refractivity contribution in [1.29, 1.82) is 0 Å². The third kappa shape index (κ3) is 6.44. The summed E-state index contributed by atoms with van der Waals surface area (Å²) in [5.41, 5.74) is 4.83. The van der Waals surface area contributed by atoms with Crippen LogP contribution in [0.3, 0.4) is 0 Å². The molecule has 2 amide bonds. The van der Waals surface area contributed by atoms with Gasteiger partial charge in [-0.15, -0.1) is 0 Å². The van der Waals surface area contributed by atoms with Crippen LogP contribution in [0.5, 0.6) is 0 Å². The molecule has 0 aromatic heterocycles. The van der Waals surface area contributed by atoms with Crippen molar-refractivity contribution in [3.8, 4) is 0 Å². The lowest BCUT2D eigenvalue weighted by Crippen LogP contribution is -2.54. The predicted octanol–water partition coefficient (Wildman–Crippen LogP) is 4.85. The Kier molecular flexibility index (Phi) is 7.67. The number of nitrogens with zero attached hydrogens (tertiary/aromatic N) is 1. The van der Waals surface area contributed by atoms with Crippen molar-refractivity contribution >= 4 is 18.3 Å². The van der Waals surface area contributed by atoms with E-state index in [1.54, 1.807) is 27.7 Å². The van der Waals surface area contributed by atoms with E-state index in [0.29, 0.717) is 6.42 Å². The number of hydrazine groups is 1. The van der Waals surface area contributed by atoms with Crippen molar-refractivity contribution in [2.75, 3.05) is 0 Å². The van der Waals surface area contributed by atoms with E-state index in [-0.39, 0.29) is 24.2 Å². The number of ether oxygens (including phenoxy) is 2. The molecular formula is C22H30N2O4. The maximum atomic E-state index is 12.6. The van der Waals surface area contributed by atoms with Crippen LogP contribution < -0.4 is 5.43 Å². The molecule has 152 valence electrons. The van der Waals surface area contributed by atoms with Crippen molar-refractivity contribution in [2.45, 2.75) is 59.3 Å². The van der Waals surface area contributed by atoms with Gasteiger partial charge in [-0.05, 0) is 46.6 Å². The summed E-state index contributed by atoms with van der Waals surface area (Å²) in [5.74, 6) is -0.0552. The third-order valence-electron chi connectivity index (χ3n) is 4.19. The van der Waals surface area contributed by atoms with Gasteiger partial charge in [-0.3, -0.25) is 0 Å². The van der Waals surface area contributed by atoms with Gasteiger partial charge in [0.2, 0.25) is 0 Å². The molecule has 2 atom stereocenters. The summed E-state index contributed by atoms with van der Waals surface area (Å²) in [6.07, 6.45) is 6.82. The first-order valence-corrected chi connectivity index (χ1v) is 9.65. The zero-order valence-electron chi connectivity index (χ0n) is 17.2. The molecular weight excluding hydrogens is 356 g/mol. The number of nitrogens with one attached hydrogen (secondary N) is 1. The summed E-state index contributed by atoms with van der Waals surface area (Å²) < 4.78 is 10.5. The zero-order valence-corrected chi connectivity index (χ0v) is 17.2. The molecule has 0 fully saturated rings. The van der Waals surface area contributed by atoms with Gasteiger partial charge in [-0.2, -0.15) is 0 Å². The topological polar surface area (TPSA) is 67.9 Å². The highest BCUT2D eigenvalue weighted by molar-refractivity contribution is 5.74. The number of carbonyl (C=O) groups is 2. The summed E-state index contributed by atoms with van der Waals surface area (Å²) in [6.45, 7) is 9.08. The Balaban J connectivity index is 2.16. The smallest absolute Gasteiger partial charge is 0.429 e. The Morgan fingerprint density at radius 2 is 1.75 bits per heavy atom. The van der Waals surface area contributed by atoms with E-state index in [9.17, 15) is 9.59 Å². The zero-order chi connectivity index (χ0) is 20.7. The van der Waals surface area contributed by atoms with Crippen molar-refractivity contribution in [3.05, 3.63) is 53.6 Å². The van der Waals surface area contributed by atoms with Gasteiger partial charge < -0.3 is 9.47 Å². The number of hydrogen-bond acceptors (Lipinski definition) is 4. The van der Waals surface area contributed by atoms with Gasteiger partial charge in [0.25, 0.3) is 0 Å². The summed E-state index contributed by atoms with van der Waals surface area (Å²) in [7, 11) is 0. The highest BCUT2D eigenvalue weighted by Gasteiger charge is 2.34. The van der Waals surface area contributed by atoms with Gasteiger partial charge >= 0.3 is 12.2 Å². The normalized spacial score (nSPS) is 18.7. The van der Waals surface area contributed by atoms with Crippen molar-refractivity contribution < 1.29 is 19.1 Å². The Hall–Kier alpha value is -2.76. The SMILES string of the molecule is Cc1ccc(/C=C/[C@@H]2C=CC[C@H]2N(NC(=O)OC(C)C)C(=O)OC(C)C)cc1. The van der Waals surface area contributed by atoms with Crippen LogP contribution in [0.25, 0.3) is 6.08 Å². The van der Waals surface area contributed by atoms with Gasteiger partial charge in [-0.1, -0.05) is 54.1 Å². The number of carbonyl (C=O) groups excluding carboxylic acids is 2. The van der Waals surface area contributed by atoms with E-state index >= 15 is 0 Å². The Morgan fingerprint density at radius 3 is 2.36 bits per heavy atom. The van der Waals surface area contributed by atoms with Gasteiger partial charge in [0.15, 0.2) is 0 Å². The van der Waals surface area contributed by atoms with Gasteiger partial charge in [0, 0.05) is 5.92 Å².